The second-order valence-electron chi connectivity index (χ2n) is 7.25. The molecule has 0 atom stereocenters. The molecule has 0 aromatic heterocycles. The minimum absolute atomic E-state index is 0.0425. The van der Waals surface area contributed by atoms with Gasteiger partial charge in [-0.2, -0.15) is 0 Å². The Hall–Kier alpha value is -2.57. The Morgan fingerprint density at radius 3 is 2.16 bits per heavy atom. The smallest absolute Gasteiger partial charge is 0.410 e. The molecule has 0 saturated carbocycles. The zero-order chi connectivity index (χ0) is 18.8. The van der Waals surface area contributed by atoms with Crippen LogP contribution in [0.3, 0.4) is 0 Å². The lowest BCUT2D eigenvalue weighted by Crippen LogP contribution is -2.41. The molecular weight excluding hydrogens is 324 g/mol. The molecule has 1 aliphatic rings. The van der Waals surface area contributed by atoms with Gasteiger partial charge in [0.2, 0.25) is 5.91 Å². The molecule has 7 heteroatoms. The highest BCUT2D eigenvalue weighted by Gasteiger charge is 2.28. The first-order valence-electron chi connectivity index (χ1n) is 8.23. The lowest BCUT2D eigenvalue weighted by molar-refractivity contribution is 0.0204. The number of hydrogen-bond acceptors (Lipinski definition) is 4. The first kappa shape index (κ1) is 18.8. The van der Waals surface area contributed by atoms with Crippen molar-refractivity contribution in [3.8, 4) is 0 Å². The van der Waals surface area contributed by atoms with Crippen molar-refractivity contribution in [3.63, 3.8) is 0 Å². The van der Waals surface area contributed by atoms with E-state index >= 15 is 0 Å². The van der Waals surface area contributed by atoms with Crippen LogP contribution >= 0.6 is 0 Å². The van der Waals surface area contributed by atoms with Crippen LogP contribution < -0.4 is 5.73 Å². The summed E-state index contributed by atoms with van der Waals surface area (Å²) in [5.41, 5.74) is 5.75. The number of benzene rings is 1. The Balaban J connectivity index is 2.11. The monoisotopic (exact) mass is 348 g/mol. The maximum atomic E-state index is 12.1. The molecule has 1 fully saturated rings. The lowest BCUT2D eigenvalue weighted by atomic mass is 9.87. The van der Waals surface area contributed by atoms with E-state index < -0.39 is 17.5 Å². The van der Waals surface area contributed by atoms with Crippen LogP contribution in [0.4, 0.5) is 4.79 Å². The number of carbonyl (C=O) groups is 3. The molecule has 2 rings (SSSR count). The van der Waals surface area contributed by atoms with Gasteiger partial charge in [-0.3, -0.25) is 4.79 Å². The second kappa shape index (κ2) is 7.13. The van der Waals surface area contributed by atoms with Crippen molar-refractivity contribution in [1.29, 1.82) is 0 Å². The summed E-state index contributed by atoms with van der Waals surface area (Å²) in [6.07, 6.45) is 0.990. The Kier molecular flexibility index (Phi) is 5.35. The van der Waals surface area contributed by atoms with Crippen LogP contribution in [0.2, 0.25) is 0 Å². The van der Waals surface area contributed by atoms with Crippen molar-refractivity contribution < 1.29 is 24.2 Å². The van der Waals surface area contributed by atoms with Crippen molar-refractivity contribution in [2.45, 2.75) is 45.1 Å². The average molecular weight is 348 g/mol. The number of rotatable bonds is 3. The number of carboxylic acids is 1. The van der Waals surface area contributed by atoms with Crippen LogP contribution in [0, 0.1) is 0 Å². The summed E-state index contributed by atoms with van der Waals surface area (Å²) in [7, 11) is 0. The normalized spacial score (nSPS) is 15.7. The van der Waals surface area contributed by atoms with Crippen LogP contribution in [-0.4, -0.2) is 46.7 Å². The van der Waals surface area contributed by atoms with Crippen molar-refractivity contribution >= 4 is 18.0 Å². The molecule has 1 saturated heterocycles. The number of aromatic carboxylic acids is 1. The molecule has 0 bridgehead atoms. The predicted octanol–water partition coefficient (Wildman–Crippen LogP) is 2.60. The second-order valence-corrected chi connectivity index (χ2v) is 7.25. The molecule has 25 heavy (non-hydrogen) atoms. The van der Waals surface area contributed by atoms with Gasteiger partial charge in [0.1, 0.15) is 5.60 Å². The summed E-state index contributed by atoms with van der Waals surface area (Å²) in [6, 6.07) is 4.50. The Bertz CT molecular complexity index is 653. The van der Waals surface area contributed by atoms with Gasteiger partial charge in [-0.25, -0.2) is 9.59 Å². The van der Waals surface area contributed by atoms with Crippen LogP contribution in [0.1, 0.15) is 65.8 Å². The number of hydrogen-bond donors (Lipinski definition) is 2. The van der Waals surface area contributed by atoms with E-state index in [0.29, 0.717) is 25.9 Å². The first-order chi connectivity index (χ1) is 11.6. The molecule has 7 nitrogen and oxygen atoms in total. The van der Waals surface area contributed by atoms with Gasteiger partial charge in [-0.05, 0) is 63.3 Å². The SMILES string of the molecule is CC(C)(C)OC(=O)N1CCC(c2cc(C(N)=O)cc(C(=O)O)c2)CC1. The third-order valence-electron chi connectivity index (χ3n) is 4.10. The van der Waals surface area contributed by atoms with Gasteiger partial charge in [0.15, 0.2) is 0 Å². The van der Waals surface area contributed by atoms with E-state index in [1.807, 2.05) is 20.8 Å². The van der Waals surface area contributed by atoms with Crippen molar-refractivity contribution in [2.24, 2.45) is 5.73 Å². The van der Waals surface area contributed by atoms with Crippen molar-refractivity contribution in [3.05, 3.63) is 34.9 Å². The van der Waals surface area contributed by atoms with E-state index in [2.05, 4.69) is 0 Å². The predicted molar refractivity (Wildman–Crippen MR) is 91.7 cm³/mol. The summed E-state index contributed by atoms with van der Waals surface area (Å²) < 4.78 is 5.37. The topological polar surface area (TPSA) is 110 Å². The van der Waals surface area contributed by atoms with E-state index in [1.54, 1.807) is 17.0 Å². The molecule has 0 radical (unpaired) electrons. The average Bonchev–Trinajstić information content (AvgIpc) is 2.53. The van der Waals surface area contributed by atoms with E-state index in [1.165, 1.54) is 6.07 Å². The van der Waals surface area contributed by atoms with Gasteiger partial charge in [-0.15, -0.1) is 0 Å². The molecular formula is C18H24N2O5. The summed E-state index contributed by atoms with van der Waals surface area (Å²) >= 11 is 0. The van der Waals surface area contributed by atoms with Crippen LogP contribution in [-0.2, 0) is 4.74 Å². The van der Waals surface area contributed by atoms with Crippen LogP contribution in [0.5, 0.6) is 0 Å². The largest absolute Gasteiger partial charge is 0.478 e. The zero-order valence-corrected chi connectivity index (χ0v) is 14.7. The van der Waals surface area contributed by atoms with E-state index in [0.717, 1.165) is 5.56 Å². The van der Waals surface area contributed by atoms with Gasteiger partial charge in [0, 0.05) is 18.7 Å². The fourth-order valence-electron chi connectivity index (χ4n) is 2.87. The number of primary amides is 1. The van der Waals surface area contributed by atoms with Gasteiger partial charge >= 0.3 is 12.1 Å². The minimum atomic E-state index is -1.10. The Morgan fingerprint density at radius 1 is 1.12 bits per heavy atom. The Labute approximate surface area is 146 Å². The molecule has 0 unspecified atom stereocenters. The lowest BCUT2D eigenvalue weighted by Gasteiger charge is -2.33. The molecule has 1 aromatic carbocycles. The molecule has 1 aromatic rings. The van der Waals surface area contributed by atoms with Crippen LogP contribution in [0.15, 0.2) is 18.2 Å². The van der Waals surface area contributed by atoms with Crippen molar-refractivity contribution in [2.75, 3.05) is 13.1 Å². The van der Waals surface area contributed by atoms with Gasteiger partial charge in [0.05, 0.1) is 5.56 Å². The third kappa shape index (κ3) is 4.95. The van der Waals surface area contributed by atoms with Crippen LogP contribution in [0.25, 0.3) is 0 Å². The molecule has 0 spiro atoms. The number of carbonyl (C=O) groups excluding carboxylic acids is 2. The number of likely N-dealkylation sites (tertiary alicyclic amines) is 1. The highest BCUT2D eigenvalue weighted by Crippen LogP contribution is 2.30. The maximum absolute atomic E-state index is 12.1. The molecule has 2 amide bonds. The molecule has 136 valence electrons. The fraction of sp³-hybridized carbons (Fsp3) is 0.500. The van der Waals surface area contributed by atoms with Gasteiger partial charge < -0.3 is 20.5 Å². The fourth-order valence-corrected chi connectivity index (χ4v) is 2.87. The van der Waals surface area contributed by atoms with Gasteiger partial charge in [0.25, 0.3) is 0 Å². The standard InChI is InChI=1S/C18H24N2O5/c1-18(2,3)25-17(24)20-6-4-11(5-7-20)12-8-13(15(19)21)10-14(9-12)16(22)23/h8-11H,4-7H2,1-3H3,(H2,19,21)(H,22,23). The zero-order valence-electron chi connectivity index (χ0n) is 14.7. The number of ether oxygens (including phenoxy) is 1. The van der Waals surface area contributed by atoms with E-state index in [9.17, 15) is 19.5 Å². The number of carboxylic acid groups (broad SMARTS) is 1. The molecule has 1 aliphatic heterocycles. The third-order valence-corrected chi connectivity index (χ3v) is 4.10. The molecule has 1 heterocycles. The summed E-state index contributed by atoms with van der Waals surface area (Å²) in [5, 5.41) is 9.22. The quantitative estimate of drug-likeness (QED) is 0.872. The van der Waals surface area contributed by atoms with E-state index in [4.69, 9.17) is 10.5 Å². The van der Waals surface area contributed by atoms with Gasteiger partial charge in [-0.1, -0.05) is 0 Å². The maximum Gasteiger partial charge on any atom is 0.410 e. The minimum Gasteiger partial charge on any atom is -0.478 e. The summed E-state index contributed by atoms with van der Waals surface area (Å²) in [4.78, 5) is 36.5. The number of amides is 2. The molecule has 3 N–H and O–H groups in total. The molecule has 0 aliphatic carbocycles. The van der Waals surface area contributed by atoms with E-state index in [-0.39, 0.29) is 23.1 Å². The highest BCUT2D eigenvalue weighted by molar-refractivity contribution is 5.97. The number of nitrogens with two attached hydrogens (primary N) is 1. The summed E-state index contributed by atoms with van der Waals surface area (Å²) in [6.45, 7) is 6.49. The first-order valence-corrected chi connectivity index (χ1v) is 8.23. The highest BCUT2D eigenvalue weighted by atomic mass is 16.6. The van der Waals surface area contributed by atoms with Crippen molar-refractivity contribution in [1.82, 2.24) is 4.90 Å². The summed E-state index contributed by atoms with van der Waals surface area (Å²) in [5.74, 6) is -1.69. The Morgan fingerprint density at radius 2 is 1.68 bits per heavy atom. The number of nitrogens with zero attached hydrogens (tertiary/aromatic N) is 1. The number of piperidine rings is 1.